The molecule has 1 aliphatic heterocycles. The number of piperidine rings is 1. The van der Waals surface area contributed by atoms with Gasteiger partial charge in [0, 0.05) is 30.9 Å². The first-order valence-corrected chi connectivity index (χ1v) is 6.05. The Labute approximate surface area is 101 Å². The Kier molecular flexibility index (Phi) is 3.31. The lowest BCUT2D eigenvalue weighted by Crippen LogP contribution is -2.38. The van der Waals surface area contributed by atoms with Crippen LogP contribution in [0.15, 0.2) is 24.3 Å². The summed E-state index contributed by atoms with van der Waals surface area (Å²) in [5, 5.41) is 10.8. The number of nitrogens with zero attached hydrogens (tertiary/aromatic N) is 2. The van der Waals surface area contributed by atoms with E-state index in [0.717, 1.165) is 18.8 Å². The minimum absolute atomic E-state index is 0.174. The van der Waals surface area contributed by atoms with Crippen LogP contribution in [0, 0.1) is 22.0 Å². The molecule has 1 fully saturated rings. The van der Waals surface area contributed by atoms with Crippen molar-refractivity contribution in [3.63, 3.8) is 0 Å². The number of nitro groups is 1. The Morgan fingerprint density at radius 2 is 1.94 bits per heavy atom. The van der Waals surface area contributed by atoms with E-state index in [2.05, 4.69) is 18.7 Å². The summed E-state index contributed by atoms with van der Waals surface area (Å²) in [5.41, 5.74) is 1.14. The molecule has 0 aromatic heterocycles. The molecule has 4 heteroatoms. The summed E-state index contributed by atoms with van der Waals surface area (Å²) in [6.07, 6.45) is 1.24. The fourth-order valence-electron chi connectivity index (χ4n) is 2.68. The van der Waals surface area contributed by atoms with Gasteiger partial charge in [-0.15, -0.1) is 0 Å². The summed E-state index contributed by atoms with van der Waals surface area (Å²) in [7, 11) is 0. The topological polar surface area (TPSA) is 46.4 Å². The molecule has 17 heavy (non-hydrogen) atoms. The van der Waals surface area contributed by atoms with E-state index < -0.39 is 0 Å². The summed E-state index contributed by atoms with van der Waals surface area (Å²) in [6.45, 7) is 6.46. The van der Waals surface area contributed by atoms with Crippen molar-refractivity contribution in [2.24, 2.45) is 11.8 Å². The molecular weight excluding hydrogens is 216 g/mol. The van der Waals surface area contributed by atoms with Crippen LogP contribution in [0.1, 0.15) is 20.3 Å². The molecular formula is C13H18N2O2. The van der Waals surface area contributed by atoms with Gasteiger partial charge in [0.1, 0.15) is 0 Å². The van der Waals surface area contributed by atoms with Gasteiger partial charge >= 0.3 is 0 Å². The standard InChI is InChI=1S/C13H18N2O2/c1-10-6-11(2)9-14(8-10)12-4-3-5-13(7-12)15(16)17/h3-5,7,10-11H,6,8-9H2,1-2H3. The Bertz CT molecular complexity index is 410. The summed E-state index contributed by atoms with van der Waals surface area (Å²) < 4.78 is 0. The molecule has 1 heterocycles. The summed E-state index contributed by atoms with van der Waals surface area (Å²) in [6, 6.07) is 6.93. The molecule has 2 unspecified atom stereocenters. The predicted molar refractivity (Wildman–Crippen MR) is 68.3 cm³/mol. The first-order chi connectivity index (χ1) is 8.06. The molecule has 0 saturated carbocycles. The molecule has 0 aliphatic carbocycles. The molecule has 0 amide bonds. The van der Waals surface area contributed by atoms with Crippen LogP contribution in [0.5, 0.6) is 0 Å². The van der Waals surface area contributed by atoms with Crippen LogP contribution in [0.4, 0.5) is 11.4 Å². The maximum atomic E-state index is 10.8. The van der Waals surface area contributed by atoms with E-state index in [9.17, 15) is 10.1 Å². The van der Waals surface area contributed by atoms with Gasteiger partial charge < -0.3 is 4.90 Å². The van der Waals surface area contributed by atoms with Gasteiger partial charge in [-0.25, -0.2) is 0 Å². The van der Waals surface area contributed by atoms with Gasteiger partial charge in [-0.1, -0.05) is 19.9 Å². The van der Waals surface area contributed by atoms with Crippen LogP contribution in [-0.2, 0) is 0 Å². The first-order valence-electron chi connectivity index (χ1n) is 6.05. The van der Waals surface area contributed by atoms with Gasteiger partial charge in [-0.05, 0) is 24.3 Å². The number of anilines is 1. The maximum Gasteiger partial charge on any atom is 0.271 e. The van der Waals surface area contributed by atoms with Gasteiger partial charge in [0.15, 0.2) is 0 Å². The van der Waals surface area contributed by atoms with E-state index in [0.29, 0.717) is 11.8 Å². The van der Waals surface area contributed by atoms with Crippen LogP contribution in [0.2, 0.25) is 0 Å². The highest BCUT2D eigenvalue weighted by Crippen LogP contribution is 2.28. The van der Waals surface area contributed by atoms with E-state index in [4.69, 9.17) is 0 Å². The Morgan fingerprint density at radius 1 is 1.29 bits per heavy atom. The Hall–Kier alpha value is -1.58. The second kappa shape index (κ2) is 4.73. The van der Waals surface area contributed by atoms with E-state index in [1.807, 2.05) is 6.07 Å². The third-order valence-corrected chi connectivity index (χ3v) is 3.27. The third kappa shape index (κ3) is 2.75. The molecule has 2 rings (SSSR count). The molecule has 0 N–H and O–H groups in total. The molecule has 1 aromatic carbocycles. The second-order valence-corrected chi connectivity index (χ2v) is 5.13. The quantitative estimate of drug-likeness (QED) is 0.583. The number of rotatable bonds is 2. The fraction of sp³-hybridized carbons (Fsp3) is 0.538. The van der Waals surface area contributed by atoms with Crippen molar-refractivity contribution in [2.75, 3.05) is 18.0 Å². The number of non-ortho nitro benzene ring substituents is 1. The number of hydrogen-bond acceptors (Lipinski definition) is 3. The number of hydrogen-bond donors (Lipinski definition) is 0. The zero-order valence-corrected chi connectivity index (χ0v) is 10.3. The van der Waals surface area contributed by atoms with Gasteiger partial charge in [0.25, 0.3) is 5.69 Å². The lowest BCUT2D eigenvalue weighted by molar-refractivity contribution is -0.384. The molecule has 92 valence electrons. The molecule has 0 radical (unpaired) electrons. The third-order valence-electron chi connectivity index (χ3n) is 3.27. The van der Waals surface area contributed by atoms with Crippen molar-refractivity contribution >= 4 is 11.4 Å². The minimum Gasteiger partial charge on any atom is -0.371 e. The minimum atomic E-state index is -0.333. The van der Waals surface area contributed by atoms with E-state index in [1.165, 1.54) is 6.42 Å². The van der Waals surface area contributed by atoms with Gasteiger partial charge in [0.2, 0.25) is 0 Å². The fourth-order valence-corrected chi connectivity index (χ4v) is 2.68. The Balaban J connectivity index is 2.21. The molecule has 1 aliphatic rings. The SMILES string of the molecule is CC1CC(C)CN(c2cccc([N+](=O)[O-])c2)C1. The summed E-state index contributed by atoms with van der Waals surface area (Å²) in [4.78, 5) is 12.7. The molecule has 2 atom stereocenters. The lowest BCUT2D eigenvalue weighted by Gasteiger charge is -2.36. The maximum absolute atomic E-state index is 10.8. The van der Waals surface area contributed by atoms with Gasteiger partial charge in [-0.2, -0.15) is 0 Å². The van der Waals surface area contributed by atoms with Crippen LogP contribution < -0.4 is 4.90 Å². The van der Waals surface area contributed by atoms with Crippen molar-refractivity contribution in [1.29, 1.82) is 0 Å². The van der Waals surface area contributed by atoms with Gasteiger partial charge in [-0.3, -0.25) is 10.1 Å². The van der Waals surface area contributed by atoms with Crippen molar-refractivity contribution in [3.8, 4) is 0 Å². The Morgan fingerprint density at radius 3 is 2.53 bits per heavy atom. The molecule has 1 aromatic rings. The zero-order valence-electron chi connectivity index (χ0n) is 10.3. The van der Waals surface area contributed by atoms with Crippen LogP contribution >= 0.6 is 0 Å². The van der Waals surface area contributed by atoms with Crippen molar-refractivity contribution in [3.05, 3.63) is 34.4 Å². The van der Waals surface area contributed by atoms with E-state index >= 15 is 0 Å². The first kappa shape index (κ1) is 11.9. The van der Waals surface area contributed by atoms with Crippen LogP contribution in [-0.4, -0.2) is 18.0 Å². The highest BCUT2D eigenvalue weighted by Gasteiger charge is 2.22. The monoisotopic (exact) mass is 234 g/mol. The molecule has 0 bridgehead atoms. The second-order valence-electron chi connectivity index (χ2n) is 5.13. The number of benzene rings is 1. The average Bonchev–Trinajstić information content (AvgIpc) is 2.28. The van der Waals surface area contributed by atoms with Crippen molar-refractivity contribution in [1.82, 2.24) is 0 Å². The summed E-state index contributed by atoms with van der Waals surface area (Å²) in [5.74, 6) is 1.30. The number of nitro benzene ring substituents is 1. The zero-order chi connectivity index (χ0) is 12.4. The smallest absolute Gasteiger partial charge is 0.271 e. The highest BCUT2D eigenvalue weighted by atomic mass is 16.6. The normalized spacial score (nSPS) is 24.7. The summed E-state index contributed by atoms with van der Waals surface area (Å²) >= 11 is 0. The van der Waals surface area contributed by atoms with Crippen molar-refractivity contribution in [2.45, 2.75) is 20.3 Å². The van der Waals surface area contributed by atoms with Gasteiger partial charge in [0.05, 0.1) is 4.92 Å². The predicted octanol–water partition coefficient (Wildman–Crippen LogP) is 3.08. The lowest BCUT2D eigenvalue weighted by atomic mass is 9.91. The van der Waals surface area contributed by atoms with Crippen LogP contribution in [0.25, 0.3) is 0 Å². The molecule has 4 nitrogen and oxygen atoms in total. The molecule has 0 spiro atoms. The van der Waals surface area contributed by atoms with E-state index in [1.54, 1.807) is 18.2 Å². The largest absolute Gasteiger partial charge is 0.371 e. The van der Waals surface area contributed by atoms with E-state index in [-0.39, 0.29) is 10.6 Å². The average molecular weight is 234 g/mol. The highest BCUT2D eigenvalue weighted by molar-refractivity contribution is 5.53. The van der Waals surface area contributed by atoms with Crippen molar-refractivity contribution < 1.29 is 4.92 Å². The molecule has 1 saturated heterocycles. The van der Waals surface area contributed by atoms with Crippen LogP contribution in [0.3, 0.4) is 0 Å².